The Morgan fingerprint density at radius 1 is 1.83 bits per heavy atom. The molecule has 1 aromatic heterocycles. The third-order valence-corrected chi connectivity index (χ3v) is 2.72. The summed E-state index contributed by atoms with van der Waals surface area (Å²) < 4.78 is 1.04. The van der Waals surface area contributed by atoms with Crippen LogP contribution in [0, 0.1) is 0 Å². The number of carbonyl (C=O) groups is 1. The molecule has 0 aromatic carbocycles. The first-order valence-electron chi connectivity index (χ1n) is 3.30. The molecular formula is C7H8BrNO2S. The third kappa shape index (κ3) is 3.34. The Balaban J connectivity index is 2.29. The average Bonchev–Trinajstić information content (AvgIpc) is 2.35. The Morgan fingerprint density at radius 2 is 2.58 bits per heavy atom. The number of nitrogens with one attached hydrogen (secondary N) is 1. The minimum Gasteiger partial charge on any atom is -0.273 e. The highest BCUT2D eigenvalue weighted by atomic mass is 79.9. The molecule has 0 saturated carbocycles. The molecule has 0 aliphatic carbocycles. The van der Waals surface area contributed by atoms with Crippen molar-refractivity contribution in [3.8, 4) is 0 Å². The molecule has 5 heteroatoms. The Hall–Kier alpha value is -0.390. The van der Waals surface area contributed by atoms with Gasteiger partial charge >= 0.3 is 0 Å². The SMILES string of the molecule is CC(=O)NOCc1cc(Br)cs1. The van der Waals surface area contributed by atoms with Crippen LogP contribution in [-0.4, -0.2) is 5.91 Å². The quantitative estimate of drug-likeness (QED) is 0.834. The van der Waals surface area contributed by atoms with E-state index in [-0.39, 0.29) is 5.91 Å². The van der Waals surface area contributed by atoms with Gasteiger partial charge in [-0.3, -0.25) is 9.63 Å². The van der Waals surface area contributed by atoms with Crippen LogP contribution in [0.4, 0.5) is 0 Å². The highest BCUT2D eigenvalue weighted by Gasteiger charge is 1.97. The van der Waals surface area contributed by atoms with Gasteiger partial charge in [0.2, 0.25) is 5.91 Å². The van der Waals surface area contributed by atoms with Gasteiger partial charge in [-0.25, -0.2) is 5.48 Å². The summed E-state index contributed by atoms with van der Waals surface area (Å²) >= 11 is 4.90. The van der Waals surface area contributed by atoms with E-state index in [0.717, 1.165) is 9.35 Å². The minimum absolute atomic E-state index is 0.189. The number of amides is 1. The molecule has 1 N–H and O–H groups in total. The summed E-state index contributed by atoms with van der Waals surface area (Å²) in [5, 5.41) is 1.96. The van der Waals surface area contributed by atoms with Crippen molar-refractivity contribution in [3.05, 3.63) is 20.8 Å². The van der Waals surface area contributed by atoms with Crippen LogP contribution < -0.4 is 5.48 Å². The summed E-state index contributed by atoms with van der Waals surface area (Å²) in [6, 6.07) is 1.95. The van der Waals surface area contributed by atoms with Crippen LogP contribution in [0.1, 0.15) is 11.8 Å². The Labute approximate surface area is 82.8 Å². The second kappa shape index (κ2) is 4.59. The number of hydrogen-bond acceptors (Lipinski definition) is 3. The summed E-state index contributed by atoms with van der Waals surface area (Å²) in [5.41, 5.74) is 2.26. The van der Waals surface area contributed by atoms with Crippen molar-refractivity contribution in [3.63, 3.8) is 0 Å². The van der Waals surface area contributed by atoms with E-state index in [1.165, 1.54) is 6.92 Å². The summed E-state index contributed by atoms with van der Waals surface area (Å²) in [7, 11) is 0. The van der Waals surface area contributed by atoms with E-state index in [1.807, 2.05) is 11.4 Å². The predicted molar refractivity (Wildman–Crippen MR) is 50.6 cm³/mol. The van der Waals surface area contributed by atoms with Crippen molar-refractivity contribution in [2.45, 2.75) is 13.5 Å². The number of rotatable bonds is 3. The van der Waals surface area contributed by atoms with Gasteiger partial charge < -0.3 is 0 Å². The van der Waals surface area contributed by atoms with Crippen LogP contribution in [0.5, 0.6) is 0 Å². The lowest BCUT2D eigenvalue weighted by Crippen LogP contribution is -2.19. The molecule has 0 spiro atoms. The van der Waals surface area contributed by atoms with Crippen LogP contribution in [-0.2, 0) is 16.2 Å². The number of thiophene rings is 1. The number of halogens is 1. The molecule has 1 aromatic rings. The lowest BCUT2D eigenvalue weighted by Gasteiger charge is -1.99. The van der Waals surface area contributed by atoms with E-state index < -0.39 is 0 Å². The predicted octanol–water partition coefficient (Wildman–Crippen LogP) is 2.08. The highest BCUT2D eigenvalue weighted by molar-refractivity contribution is 9.10. The molecule has 3 nitrogen and oxygen atoms in total. The first kappa shape index (κ1) is 9.70. The van der Waals surface area contributed by atoms with E-state index >= 15 is 0 Å². The molecule has 1 heterocycles. The number of hydrogen-bond donors (Lipinski definition) is 1. The molecule has 0 unspecified atom stereocenters. The minimum atomic E-state index is -0.189. The molecular weight excluding hydrogens is 242 g/mol. The highest BCUT2D eigenvalue weighted by Crippen LogP contribution is 2.19. The first-order chi connectivity index (χ1) is 5.68. The lowest BCUT2D eigenvalue weighted by molar-refractivity contribution is -0.132. The molecule has 0 aliphatic heterocycles. The van der Waals surface area contributed by atoms with E-state index in [1.54, 1.807) is 11.3 Å². The molecule has 66 valence electrons. The van der Waals surface area contributed by atoms with Gasteiger partial charge in [-0.15, -0.1) is 11.3 Å². The summed E-state index contributed by atoms with van der Waals surface area (Å²) in [5.74, 6) is -0.189. The summed E-state index contributed by atoms with van der Waals surface area (Å²) in [6.45, 7) is 1.82. The van der Waals surface area contributed by atoms with Gasteiger partial charge in [-0.05, 0) is 22.0 Å². The second-order valence-corrected chi connectivity index (χ2v) is 4.09. The molecule has 0 radical (unpaired) electrons. The molecule has 1 amide bonds. The zero-order valence-corrected chi connectivity index (χ0v) is 8.87. The Kier molecular flexibility index (Phi) is 3.71. The fourth-order valence-electron chi connectivity index (χ4n) is 0.638. The zero-order chi connectivity index (χ0) is 8.97. The maximum atomic E-state index is 10.4. The van der Waals surface area contributed by atoms with Crippen molar-refractivity contribution < 1.29 is 9.63 Å². The van der Waals surface area contributed by atoms with Crippen LogP contribution in [0.25, 0.3) is 0 Å². The molecule has 0 fully saturated rings. The van der Waals surface area contributed by atoms with E-state index in [9.17, 15) is 4.79 Å². The normalized spacial score (nSPS) is 9.83. The molecule has 0 bridgehead atoms. The standard InChI is InChI=1S/C7H8BrNO2S/c1-5(10)9-11-3-7-2-6(8)4-12-7/h2,4H,3H2,1H3,(H,9,10). The van der Waals surface area contributed by atoms with Crippen molar-refractivity contribution in [2.24, 2.45) is 0 Å². The van der Waals surface area contributed by atoms with Gasteiger partial charge in [0.1, 0.15) is 6.61 Å². The first-order valence-corrected chi connectivity index (χ1v) is 4.97. The van der Waals surface area contributed by atoms with Crippen LogP contribution in [0.2, 0.25) is 0 Å². The third-order valence-electron chi connectivity index (χ3n) is 1.05. The smallest absolute Gasteiger partial charge is 0.240 e. The fraction of sp³-hybridized carbons (Fsp3) is 0.286. The molecule has 1 rings (SSSR count). The average molecular weight is 250 g/mol. The zero-order valence-electron chi connectivity index (χ0n) is 6.46. The van der Waals surface area contributed by atoms with Gasteiger partial charge in [0.05, 0.1) is 0 Å². The molecule has 0 saturated heterocycles. The van der Waals surface area contributed by atoms with Crippen molar-refractivity contribution >= 4 is 33.2 Å². The van der Waals surface area contributed by atoms with Crippen molar-refractivity contribution in [1.29, 1.82) is 0 Å². The molecule has 0 atom stereocenters. The van der Waals surface area contributed by atoms with E-state index in [0.29, 0.717) is 6.61 Å². The molecule has 0 aliphatic rings. The largest absolute Gasteiger partial charge is 0.273 e. The van der Waals surface area contributed by atoms with Crippen LogP contribution >= 0.6 is 27.3 Å². The van der Waals surface area contributed by atoms with Crippen LogP contribution in [0.3, 0.4) is 0 Å². The Bertz CT molecular complexity index is 274. The maximum Gasteiger partial charge on any atom is 0.240 e. The number of hydroxylamine groups is 1. The van der Waals surface area contributed by atoms with Crippen molar-refractivity contribution in [2.75, 3.05) is 0 Å². The number of carbonyl (C=O) groups excluding carboxylic acids is 1. The van der Waals surface area contributed by atoms with Gasteiger partial charge in [0, 0.05) is 21.7 Å². The van der Waals surface area contributed by atoms with Gasteiger partial charge in [0.15, 0.2) is 0 Å². The van der Waals surface area contributed by atoms with E-state index in [4.69, 9.17) is 4.84 Å². The van der Waals surface area contributed by atoms with Gasteiger partial charge in [-0.1, -0.05) is 0 Å². The van der Waals surface area contributed by atoms with E-state index in [2.05, 4.69) is 21.4 Å². The fourth-order valence-corrected chi connectivity index (χ4v) is 2.00. The van der Waals surface area contributed by atoms with Gasteiger partial charge in [-0.2, -0.15) is 0 Å². The summed E-state index contributed by atoms with van der Waals surface area (Å²) in [6.07, 6.45) is 0. The topological polar surface area (TPSA) is 38.3 Å². The summed E-state index contributed by atoms with van der Waals surface area (Å²) in [4.78, 5) is 16.3. The van der Waals surface area contributed by atoms with Crippen LogP contribution in [0.15, 0.2) is 15.9 Å². The van der Waals surface area contributed by atoms with Gasteiger partial charge in [0.25, 0.3) is 0 Å². The lowest BCUT2D eigenvalue weighted by atomic mass is 10.5. The molecule has 12 heavy (non-hydrogen) atoms. The maximum absolute atomic E-state index is 10.4. The second-order valence-electron chi connectivity index (χ2n) is 2.18. The van der Waals surface area contributed by atoms with Crippen molar-refractivity contribution in [1.82, 2.24) is 5.48 Å². The Morgan fingerprint density at radius 3 is 3.08 bits per heavy atom. The monoisotopic (exact) mass is 249 g/mol.